The highest BCUT2D eigenvalue weighted by Crippen LogP contribution is 2.39. The molecule has 1 unspecified atom stereocenters. The van der Waals surface area contributed by atoms with Crippen LogP contribution in [0, 0.1) is 10.1 Å². The van der Waals surface area contributed by atoms with Crippen LogP contribution >= 0.6 is 0 Å². The molecule has 2 amide bonds. The first-order valence-corrected chi connectivity index (χ1v) is 8.39. The number of nitro groups is 1. The predicted octanol–water partition coefficient (Wildman–Crippen LogP) is 1.76. The van der Waals surface area contributed by atoms with E-state index >= 15 is 0 Å². The summed E-state index contributed by atoms with van der Waals surface area (Å²) in [7, 11) is 1.43. The molecule has 2 aliphatic rings. The number of anilines is 1. The number of carbonyl (C=O) groups is 2. The van der Waals surface area contributed by atoms with Gasteiger partial charge in [-0.25, -0.2) is 4.79 Å². The van der Waals surface area contributed by atoms with Crippen molar-refractivity contribution in [3.63, 3.8) is 0 Å². The van der Waals surface area contributed by atoms with Crippen molar-refractivity contribution in [3.05, 3.63) is 33.9 Å². The zero-order valence-electron chi connectivity index (χ0n) is 15.2. The Bertz CT molecular complexity index is 773. The highest BCUT2D eigenvalue weighted by atomic mass is 16.6. The molecule has 2 aliphatic heterocycles. The van der Waals surface area contributed by atoms with Gasteiger partial charge in [-0.1, -0.05) is 0 Å². The Labute approximate surface area is 151 Å². The van der Waals surface area contributed by atoms with Crippen molar-refractivity contribution in [1.82, 2.24) is 10.2 Å². The van der Waals surface area contributed by atoms with Gasteiger partial charge < -0.3 is 15.0 Å². The number of benzene rings is 1. The lowest BCUT2D eigenvalue weighted by atomic mass is 9.85. The average Bonchev–Trinajstić information content (AvgIpc) is 2.53. The van der Waals surface area contributed by atoms with E-state index in [0.29, 0.717) is 13.1 Å². The van der Waals surface area contributed by atoms with Crippen LogP contribution in [0.4, 0.5) is 16.2 Å². The number of hydrogen-bond acceptors (Lipinski definition) is 6. The molecule has 0 aliphatic carbocycles. The number of rotatable bonds is 3. The molecule has 3 rings (SSSR count). The molecule has 26 heavy (non-hydrogen) atoms. The Kier molecular flexibility index (Phi) is 4.25. The van der Waals surface area contributed by atoms with Gasteiger partial charge in [-0.15, -0.1) is 0 Å². The zero-order valence-corrected chi connectivity index (χ0v) is 15.2. The molecule has 140 valence electrons. The molecular weight excluding hydrogens is 340 g/mol. The summed E-state index contributed by atoms with van der Waals surface area (Å²) in [5, 5.41) is 13.5. The molecule has 2 saturated heterocycles. The molecule has 1 aromatic carbocycles. The summed E-state index contributed by atoms with van der Waals surface area (Å²) in [5.41, 5.74) is 0.00191. The molecule has 9 heteroatoms. The topological polar surface area (TPSA) is 105 Å². The van der Waals surface area contributed by atoms with Crippen LogP contribution in [0.25, 0.3) is 0 Å². The monoisotopic (exact) mass is 362 g/mol. The quantitative estimate of drug-likeness (QED) is 0.649. The lowest BCUT2D eigenvalue weighted by Gasteiger charge is -2.62. The number of fused-ring (bicyclic) bond motifs is 1. The Balaban J connectivity index is 1.71. The number of ether oxygens (including phenoxy) is 1. The van der Waals surface area contributed by atoms with E-state index in [1.54, 1.807) is 11.0 Å². The van der Waals surface area contributed by atoms with Crippen LogP contribution < -0.4 is 10.2 Å². The SMILES string of the molecule is CNC(=O)c1cc(N2CC3[C@H]2CN3C(=O)OC(C)(C)C)ccc1[N+](=O)[O-]. The maximum atomic E-state index is 12.1. The van der Waals surface area contributed by atoms with Gasteiger partial charge >= 0.3 is 6.09 Å². The first-order valence-electron chi connectivity index (χ1n) is 8.39. The van der Waals surface area contributed by atoms with E-state index in [1.807, 2.05) is 25.7 Å². The number of nitro benzene ring substituents is 1. The van der Waals surface area contributed by atoms with E-state index in [9.17, 15) is 19.7 Å². The fraction of sp³-hybridized carbons (Fsp3) is 0.529. The largest absolute Gasteiger partial charge is 0.444 e. The van der Waals surface area contributed by atoms with Crippen LogP contribution in [0.15, 0.2) is 18.2 Å². The van der Waals surface area contributed by atoms with Crippen molar-refractivity contribution >= 4 is 23.4 Å². The molecule has 9 nitrogen and oxygen atoms in total. The molecule has 2 atom stereocenters. The molecule has 1 aromatic rings. The first kappa shape index (κ1) is 18.0. The van der Waals surface area contributed by atoms with Gasteiger partial charge in [-0.2, -0.15) is 0 Å². The van der Waals surface area contributed by atoms with Gasteiger partial charge in [0.2, 0.25) is 0 Å². The summed E-state index contributed by atoms with van der Waals surface area (Å²) in [6, 6.07) is 4.72. The second-order valence-electron chi connectivity index (χ2n) is 7.46. The van der Waals surface area contributed by atoms with Crippen LogP contribution in [0.3, 0.4) is 0 Å². The number of likely N-dealkylation sites (tertiary alicyclic amines) is 1. The molecule has 0 aromatic heterocycles. The van der Waals surface area contributed by atoms with Crippen LogP contribution in [0.2, 0.25) is 0 Å². The second-order valence-corrected chi connectivity index (χ2v) is 7.46. The van der Waals surface area contributed by atoms with Crippen molar-refractivity contribution < 1.29 is 19.2 Å². The minimum Gasteiger partial charge on any atom is -0.444 e. The molecule has 0 spiro atoms. The van der Waals surface area contributed by atoms with E-state index in [2.05, 4.69) is 5.32 Å². The lowest BCUT2D eigenvalue weighted by molar-refractivity contribution is -0.385. The second kappa shape index (κ2) is 6.15. The Morgan fingerprint density at radius 2 is 1.96 bits per heavy atom. The van der Waals surface area contributed by atoms with Gasteiger partial charge in [0.1, 0.15) is 11.2 Å². The fourth-order valence-electron chi connectivity index (χ4n) is 3.26. The Morgan fingerprint density at radius 3 is 2.46 bits per heavy atom. The summed E-state index contributed by atoms with van der Waals surface area (Å²) in [5.74, 6) is -0.500. The van der Waals surface area contributed by atoms with Crippen molar-refractivity contribution in [2.24, 2.45) is 0 Å². The smallest absolute Gasteiger partial charge is 0.410 e. The maximum absolute atomic E-state index is 12.1. The Hall–Kier alpha value is -2.84. The van der Waals surface area contributed by atoms with Gasteiger partial charge in [-0.3, -0.25) is 19.8 Å². The minimum atomic E-state index is -0.569. The van der Waals surface area contributed by atoms with Crippen molar-refractivity contribution in [2.45, 2.75) is 38.5 Å². The molecule has 0 bridgehead atoms. The van der Waals surface area contributed by atoms with Gasteiger partial charge in [0.05, 0.1) is 17.0 Å². The third-order valence-electron chi connectivity index (χ3n) is 4.62. The van der Waals surface area contributed by atoms with Gasteiger partial charge in [-0.05, 0) is 32.9 Å². The summed E-state index contributed by atoms with van der Waals surface area (Å²) >= 11 is 0. The number of amides is 2. The first-order chi connectivity index (χ1) is 12.1. The van der Waals surface area contributed by atoms with E-state index in [1.165, 1.54) is 19.2 Å². The summed E-state index contributed by atoms with van der Waals surface area (Å²) < 4.78 is 5.38. The van der Waals surface area contributed by atoms with E-state index in [0.717, 1.165) is 5.69 Å². The van der Waals surface area contributed by atoms with Crippen LogP contribution in [0.1, 0.15) is 31.1 Å². The number of piperazine rings is 1. The third-order valence-corrected chi connectivity index (χ3v) is 4.62. The molecular formula is C17H22N4O5. The normalized spacial score (nSPS) is 21.2. The maximum Gasteiger partial charge on any atom is 0.410 e. The van der Waals surface area contributed by atoms with Crippen molar-refractivity contribution in [1.29, 1.82) is 0 Å². The van der Waals surface area contributed by atoms with Crippen molar-refractivity contribution in [3.8, 4) is 0 Å². The van der Waals surface area contributed by atoms with Crippen LogP contribution in [0.5, 0.6) is 0 Å². The molecule has 2 heterocycles. The summed E-state index contributed by atoms with van der Waals surface area (Å²) in [6.07, 6.45) is -0.326. The summed E-state index contributed by atoms with van der Waals surface area (Å²) in [6.45, 7) is 6.62. The predicted molar refractivity (Wildman–Crippen MR) is 94.3 cm³/mol. The number of carbonyl (C=O) groups excluding carboxylic acids is 2. The molecule has 1 N–H and O–H groups in total. The minimum absolute atomic E-state index is 0.0294. The van der Waals surface area contributed by atoms with E-state index in [-0.39, 0.29) is 29.4 Å². The zero-order chi connectivity index (χ0) is 19.2. The lowest BCUT2D eigenvalue weighted by Crippen LogP contribution is -2.80. The van der Waals surface area contributed by atoms with Gasteiger partial charge in [0, 0.05) is 31.9 Å². The van der Waals surface area contributed by atoms with E-state index in [4.69, 9.17) is 4.74 Å². The van der Waals surface area contributed by atoms with Crippen molar-refractivity contribution in [2.75, 3.05) is 25.0 Å². The molecule has 2 fully saturated rings. The number of nitrogens with zero attached hydrogens (tertiary/aromatic N) is 3. The van der Waals surface area contributed by atoms with Gasteiger partial charge in [0.15, 0.2) is 0 Å². The number of nitrogens with one attached hydrogen (secondary N) is 1. The average molecular weight is 362 g/mol. The summed E-state index contributed by atoms with van der Waals surface area (Å²) in [4.78, 5) is 38.4. The third kappa shape index (κ3) is 3.04. The fourth-order valence-corrected chi connectivity index (χ4v) is 3.26. The highest BCUT2D eigenvalue weighted by molar-refractivity contribution is 5.99. The number of hydrogen-bond donors (Lipinski definition) is 1. The van der Waals surface area contributed by atoms with Gasteiger partial charge in [0.25, 0.3) is 11.6 Å². The molecule has 0 radical (unpaired) electrons. The van der Waals surface area contributed by atoms with E-state index < -0.39 is 16.4 Å². The van der Waals surface area contributed by atoms with Crippen LogP contribution in [-0.2, 0) is 4.74 Å². The highest BCUT2D eigenvalue weighted by Gasteiger charge is 2.54. The van der Waals surface area contributed by atoms with Crippen LogP contribution in [-0.4, -0.2) is 59.6 Å². The Morgan fingerprint density at radius 1 is 1.27 bits per heavy atom. The molecule has 0 saturated carbocycles. The standard InChI is InChI=1S/C17H22N4O5/c1-17(2,3)26-16(23)20-9-13-14(20)8-19(13)10-5-6-12(21(24)25)11(7-10)15(22)18-4/h5-7,13-14H,8-9H2,1-4H3,(H,18,22)/t13-,14?/m1/s1.